The molecule has 0 radical (unpaired) electrons. The van der Waals surface area contributed by atoms with Crippen LogP contribution in [-0.2, 0) is 6.42 Å². The monoisotopic (exact) mass is 262 g/mol. The zero-order chi connectivity index (χ0) is 14.4. The molecule has 0 saturated carbocycles. The highest BCUT2D eigenvalue weighted by molar-refractivity contribution is 5.44. The first-order chi connectivity index (χ1) is 8.97. The number of hydrogen-bond donors (Lipinski definition) is 1. The lowest BCUT2D eigenvalue weighted by Gasteiger charge is -2.20. The summed E-state index contributed by atoms with van der Waals surface area (Å²) in [6.45, 7) is 12.0. The van der Waals surface area contributed by atoms with Gasteiger partial charge in [0.1, 0.15) is 0 Å². The summed E-state index contributed by atoms with van der Waals surface area (Å²) in [5.41, 5.74) is 12.9. The van der Waals surface area contributed by atoms with Crippen LogP contribution in [0.1, 0.15) is 40.7 Å². The Balaban J connectivity index is 2.62. The third-order valence-corrected chi connectivity index (χ3v) is 4.26. The molecule has 108 valence electrons. The average molecular weight is 262 g/mol. The molecule has 0 spiro atoms. The van der Waals surface area contributed by atoms with Crippen LogP contribution in [0.5, 0.6) is 0 Å². The van der Waals surface area contributed by atoms with Crippen molar-refractivity contribution in [2.45, 2.75) is 47.0 Å². The van der Waals surface area contributed by atoms with Crippen molar-refractivity contribution in [2.75, 3.05) is 26.7 Å². The molecule has 2 nitrogen and oxygen atoms in total. The molecule has 0 bridgehead atoms. The zero-order valence-electron chi connectivity index (χ0n) is 13.3. The molecule has 0 aliphatic rings. The SMILES string of the molecule is Cc1cc(C)c(C)c(CCN(C)CCCCN)c1C. The van der Waals surface area contributed by atoms with Gasteiger partial charge in [0.05, 0.1) is 0 Å². The van der Waals surface area contributed by atoms with Gasteiger partial charge in [0.25, 0.3) is 0 Å². The Morgan fingerprint density at radius 3 is 2.05 bits per heavy atom. The normalized spacial score (nSPS) is 11.3. The van der Waals surface area contributed by atoms with Crippen LogP contribution in [0.4, 0.5) is 0 Å². The van der Waals surface area contributed by atoms with Crippen molar-refractivity contribution in [2.24, 2.45) is 5.73 Å². The van der Waals surface area contributed by atoms with E-state index in [-0.39, 0.29) is 0 Å². The van der Waals surface area contributed by atoms with Crippen LogP contribution in [0, 0.1) is 27.7 Å². The Morgan fingerprint density at radius 2 is 1.53 bits per heavy atom. The number of aryl methyl sites for hydroxylation is 2. The van der Waals surface area contributed by atoms with Crippen LogP contribution in [0.2, 0.25) is 0 Å². The topological polar surface area (TPSA) is 29.3 Å². The van der Waals surface area contributed by atoms with Gasteiger partial charge in [-0.15, -0.1) is 0 Å². The van der Waals surface area contributed by atoms with Gasteiger partial charge in [0.15, 0.2) is 0 Å². The maximum Gasteiger partial charge on any atom is 0.00190 e. The van der Waals surface area contributed by atoms with E-state index in [2.05, 4.69) is 45.7 Å². The van der Waals surface area contributed by atoms with Crippen LogP contribution < -0.4 is 5.73 Å². The maximum atomic E-state index is 5.53. The van der Waals surface area contributed by atoms with E-state index in [4.69, 9.17) is 5.73 Å². The summed E-state index contributed by atoms with van der Waals surface area (Å²) >= 11 is 0. The number of rotatable bonds is 7. The van der Waals surface area contributed by atoms with Gasteiger partial charge in [-0.05, 0) is 94.9 Å². The predicted molar refractivity (Wildman–Crippen MR) is 84.9 cm³/mol. The molecule has 19 heavy (non-hydrogen) atoms. The van der Waals surface area contributed by atoms with Crippen molar-refractivity contribution in [3.63, 3.8) is 0 Å². The summed E-state index contributed by atoms with van der Waals surface area (Å²) in [5.74, 6) is 0. The summed E-state index contributed by atoms with van der Waals surface area (Å²) in [4.78, 5) is 2.42. The second kappa shape index (κ2) is 7.66. The average Bonchev–Trinajstić information content (AvgIpc) is 2.37. The largest absolute Gasteiger partial charge is 0.330 e. The fourth-order valence-electron chi connectivity index (χ4n) is 2.61. The lowest BCUT2D eigenvalue weighted by Crippen LogP contribution is -2.23. The van der Waals surface area contributed by atoms with E-state index in [0.29, 0.717) is 0 Å². The van der Waals surface area contributed by atoms with Gasteiger partial charge in [-0.3, -0.25) is 0 Å². The Hall–Kier alpha value is -0.860. The molecule has 0 heterocycles. The first kappa shape index (κ1) is 16.2. The van der Waals surface area contributed by atoms with Gasteiger partial charge >= 0.3 is 0 Å². The van der Waals surface area contributed by atoms with Gasteiger partial charge in [-0.25, -0.2) is 0 Å². The van der Waals surface area contributed by atoms with Crippen LogP contribution in [0.3, 0.4) is 0 Å². The second-order valence-electron chi connectivity index (χ2n) is 5.79. The molecular weight excluding hydrogens is 232 g/mol. The van der Waals surface area contributed by atoms with E-state index in [9.17, 15) is 0 Å². The van der Waals surface area contributed by atoms with Crippen molar-refractivity contribution in [1.82, 2.24) is 4.90 Å². The minimum Gasteiger partial charge on any atom is -0.330 e. The Kier molecular flexibility index (Phi) is 6.53. The zero-order valence-corrected chi connectivity index (χ0v) is 13.3. The van der Waals surface area contributed by atoms with Gasteiger partial charge in [0, 0.05) is 6.54 Å². The molecular formula is C17H30N2. The fraction of sp³-hybridized carbons (Fsp3) is 0.647. The molecule has 0 atom stereocenters. The van der Waals surface area contributed by atoms with Gasteiger partial charge in [0.2, 0.25) is 0 Å². The molecule has 0 aliphatic carbocycles. The summed E-state index contributed by atoms with van der Waals surface area (Å²) in [6, 6.07) is 2.30. The van der Waals surface area contributed by atoms with Crippen LogP contribution in [0.25, 0.3) is 0 Å². The fourth-order valence-corrected chi connectivity index (χ4v) is 2.61. The van der Waals surface area contributed by atoms with Crippen molar-refractivity contribution in [1.29, 1.82) is 0 Å². The third-order valence-electron chi connectivity index (χ3n) is 4.26. The van der Waals surface area contributed by atoms with E-state index < -0.39 is 0 Å². The highest BCUT2D eigenvalue weighted by atomic mass is 15.1. The van der Waals surface area contributed by atoms with Gasteiger partial charge < -0.3 is 10.6 Å². The molecule has 2 heteroatoms. The smallest absolute Gasteiger partial charge is 0.00190 e. The number of nitrogens with two attached hydrogens (primary N) is 1. The molecule has 0 aromatic heterocycles. The number of likely N-dealkylation sites (N-methyl/N-ethyl adjacent to an activating group) is 1. The summed E-state index contributed by atoms with van der Waals surface area (Å²) in [5, 5.41) is 0. The van der Waals surface area contributed by atoms with E-state index in [1.54, 1.807) is 5.56 Å². The Bertz CT molecular complexity index is 384. The van der Waals surface area contributed by atoms with Crippen LogP contribution >= 0.6 is 0 Å². The van der Waals surface area contributed by atoms with Gasteiger partial charge in [-0.2, -0.15) is 0 Å². The molecule has 1 aromatic rings. The van der Waals surface area contributed by atoms with Crippen molar-refractivity contribution >= 4 is 0 Å². The third kappa shape index (κ3) is 4.63. The van der Waals surface area contributed by atoms with E-state index in [0.717, 1.165) is 32.5 Å². The van der Waals surface area contributed by atoms with Crippen molar-refractivity contribution in [3.8, 4) is 0 Å². The summed E-state index contributed by atoms with van der Waals surface area (Å²) in [6.07, 6.45) is 3.49. The molecule has 0 unspecified atom stereocenters. The number of nitrogens with zero attached hydrogens (tertiary/aromatic N) is 1. The minimum atomic E-state index is 0.809. The summed E-state index contributed by atoms with van der Waals surface area (Å²) in [7, 11) is 2.21. The molecule has 0 saturated heterocycles. The first-order valence-electron chi connectivity index (χ1n) is 7.42. The molecule has 2 N–H and O–H groups in total. The highest BCUT2D eigenvalue weighted by Crippen LogP contribution is 2.22. The molecule has 1 aromatic carbocycles. The maximum absolute atomic E-state index is 5.53. The van der Waals surface area contributed by atoms with Crippen LogP contribution in [-0.4, -0.2) is 31.6 Å². The van der Waals surface area contributed by atoms with E-state index >= 15 is 0 Å². The number of unbranched alkanes of at least 4 members (excludes halogenated alkanes) is 1. The van der Waals surface area contributed by atoms with E-state index in [1.807, 2.05) is 0 Å². The number of hydrogen-bond acceptors (Lipinski definition) is 2. The molecule has 1 rings (SSSR count). The Morgan fingerprint density at radius 1 is 0.947 bits per heavy atom. The summed E-state index contributed by atoms with van der Waals surface area (Å²) < 4.78 is 0. The van der Waals surface area contributed by atoms with Gasteiger partial charge in [-0.1, -0.05) is 6.07 Å². The highest BCUT2D eigenvalue weighted by Gasteiger charge is 2.09. The first-order valence-corrected chi connectivity index (χ1v) is 7.42. The number of benzene rings is 1. The van der Waals surface area contributed by atoms with Crippen molar-refractivity contribution in [3.05, 3.63) is 33.9 Å². The molecule has 0 aliphatic heterocycles. The van der Waals surface area contributed by atoms with Crippen molar-refractivity contribution < 1.29 is 0 Å². The minimum absolute atomic E-state index is 0.809. The standard InChI is InChI=1S/C17H30N2/c1-13-12-14(2)16(4)17(15(13)3)8-11-19(5)10-7-6-9-18/h12H,6-11,18H2,1-5H3. The lowest BCUT2D eigenvalue weighted by molar-refractivity contribution is 0.330. The van der Waals surface area contributed by atoms with E-state index in [1.165, 1.54) is 28.7 Å². The predicted octanol–water partition coefficient (Wildman–Crippen LogP) is 3.13. The quantitative estimate of drug-likeness (QED) is 0.765. The van der Waals surface area contributed by atoms with Crippen LogP contribution in [0.15, 0.2) is 6.07 Å². The molecule has 0 amide bonds. The Labute approximate surface area is 119 Å². The molecule has 0 fully saturated rings. The lowest BCUT2D eigenvalue weighted by atomic mass is 9.92. The second-order valence-corrected chi connectivity index (χ2v) is 5.79.